The van der Waals surface area contributed by atoms with Gasteiger partial charge in [0.15, 0.2) is 0 Å². The maximum absolute atomic E-state index is 5.59. The second kappa shape index (κ2) is 7.89. The van der Waals surface area contributed by atoms with Crippen LogP contribution in [0.15, 0.2) is 0 Å². The number of hydrogen-bond donors (Lipinski definition) is 1. The average Bonchev–Trinajstić information content (AvgIpc) is 2.38. The van der Waals surface area contributed by atoms with Crippen LogP contribution >= 0.6 is 11.6 Å². The lowest BCUT2D eigenvalue weighted by Gasteiger charge is -2.06. The van der Waals surface area contributed by atoms with Crippen LogP contribution in [0.25, 0.3) is 0 Å². The van der Waals surface area contributed by atoms with Gasteiger partial charge in [-0.3, -0.25) is 0 Å². The fourth-order valence-corrected chi connectivity index (χ4v) is 1.39. The van der Waals surface area contributed by atoms with Crippen LogP contribution < -0.4 is 14.8 Å². The Kier molecular flexibility index (Phi) is 6.39. The lowest BCUT2D eigenvalue weighted by molar-refractivity contribution is 0.341. The standard InChI is InChI=1S/C10H17ClN4O2/c1-16-9-13-8(14-10(15-9)17-2)12-7-5-3-4-6-11/h3-7H2,1-2H3,(H,12,13,14,15). The molecule has 1 aromatic rings. The highest BCUT2D eigenvalue weighted by atomic mass is 35.5. The number of rotatable bonds is 8. The number of unbranched alkanes of at least 4 members (excludes halogenated alkanes) is 2. The first kappa shape index (κ1) is 13.8. The summed E-state index contributed by atoms with van der Waals surface area (Å²) in [6.07, 6.45) is 3.12. The Bertz CT molecular complexity index is 316. The van der Waals surface area contributed by atoms with Gasteiger partial charge in [0, 0.05) is 12.4 Å². The number of nitrogens with zero attached hydrogens (tertiary/aromatic N) is 3. The lowest BCUT2D eigenvalue weighted by atomic mass is 10.2. The molecule has 0 aromatic carbocycles. The van der Waals surface area contributed by atoms with E-state index in [4.69, 9.17) is 21.1 Å². The van der Waals surface area contributed by atoms with Crippen molar-refractivity contribution in [3.63, 3.8) is 0 Å². The van der Waals surface area contributed by atoms with Gasteiger partial charge in [0.2, 0.25) is 5.95 Å². The fourth-order valence-electron chi connectivity index (χ4n) is 1.20. The summed E-state index contributed by atoms with van der Waals surface area (Å²) in [5.41, 5.74) is 0. The Labute approximate surface area is 106 Å². The fraction of sp³-hybridized carbons (Fsp3) is 0.700. The van der Waals surface area contributed by atoms with Crippen LogP contribution in [0.5, 0.6) is 12.0 Å². The zero-order valence-electron chi connectivity index (χ0n) is 10.1. The van der Waals surface area contributed by atoms with E-state index in [1.807, 2.05) is 0 Å². The van der Waals surface area contributed by atoms with Crippen molar-refractivity contribution in [1.29, 1.82) is 0 Å². The Hall–Kier alpha value is -1.30. The SMILES string of the molecule is COc1nc(NCCCCCCl)nc(OC)n1. The van der Waals surface area contributed by atoms with E-state index in [1.54, 1.807) is 0 Å². The molecule has 0 unspecified atom stereocenters. The third kappa shape index (κ3) is 5.04. The van der Waals surface area contributed by atoms with E-state index in [1.165, 1.54) is 14.2 Å². The number of methoxy groups -OCH3 is 2. The quantitative estimate of drug-likeness (QED) is 0.567. The minimum absolute atomic E-state index is 0.236. The van der Waals surface area contributed by atoms with Gasteiger partial charge in [0.1, 0.15) is 0 Å². The highest BCUT2D eigenvalue weighted by molar-refractivity contribution is 6.17. The first-order chi connectivity index (χ1) is 8.30. The molecule has 96 valence electrons. The van der Waals surface area contributed by atoms with Crippen LogP contribution in [-0.2, 0) is 0 Å². The van der Waals surface area contributed by atoms with Crippen molar-refractivity contribution in [3.8, 4) is 12.0 Å². The number of ether oxygens (including phenoxy) is 2. The number of hydrogen-bond acceptors (Lipinski definition) is 6. The summed E-state index contributed by atoms with van der Waals surface area (Å²) in [7, 11) is 3.00. The maximum atomic E-state index is 5.59. The average molecular weight is 261 g/mol. The van der Waals surface area contributed by atoms with Gasteiger partial charge in [0.05, 0.1) is 14.2 Å². The second-order valence-electron chi connectivity index (χ2n) is 3.31. The van der Waals surface area contributed by atoms with E-state index in [2.05, 4.69) is 20.3 Å². The highest BCUT2D eigenvalue weighted by Gasteiger charge is 2.05. The zero-order chi connectivity index (χ0) is 12.5. The topological polar surface area (TPSA) is 69.2 Å². The van der Waals surface area contributed by atoms with Crippen molar-refractivity contribution in [2.75, 3.05) is 32.0 Å². The molecule has 6 nitrogen and oxygen atoms in total. The first-order valence-corrected chi connectivity index (χ1v) is 5.97. The molecular formula is C10H17ClN4O2. The van der Waals surface area contributed by atoms with E-state index in [0.717, 1.165) is 25.8 Å². The van der Waals surface area contributed by atoms with E-state index < -0.39 is 0 Å². The molecule has 1 N–H and O–H groups in total. The number of anilines is 1. The van der Waals surface area contributed by atoms with Crippen LogP contribution in [0.1, 0.15) is 19.3 Å². The third-order valence-electron chi connectivity index (χ3n) is 2.05. The van der Waals surface area contributed by atoms with E-state index in [0.29, 0.717) is 11.8 Å². The number of alkyl halides is 1. The Morgan fingerprint density at radius 3 is 2.18 bits per heavy atom. The van der Waals surface area contributed by atoms with Crippen molar-refractivity contribution in [3.05, 3.63) is 0 Å². The summed E-state index contributed by atoms with van der Waals surface area (Å²) >= 11 is 5.59. The molecule has 0 fully saturated rings. The monoisotopic (exact) mass is 260 g/mol. The third-order valence-corrected chi connectivity index (χ3v) is 2.32. The number of aromatic nitrogens is 3. The van der Waals surface area contributed by atoms with Crippen LogP contribution in [0.3, 0.4) is 0 Å². The zero-order valence-corrected chi connectivity index (χ0v) is 10.8. The van der Waals surface area contributed by atoms with Gasteiger partial charge in [-0.2, -0.15) is 9.97 Å². The first-order valence-electron chi connectivity index (χ1n) is 5.44. The van der Waals surface area contributed by atoms with Crippen LogP contribution in [0.2, 0.25) is 0 Å². The van der Waals surface area contributed by atoms with Crippen LogP contribution in [0, 0.1) is 0 Å². The molecule has 0 aliphatic heterocycles. The van der Waals surface area contributed by atoms with Crippen molar-refractivity contribution in [2.45, 2.75) is 19.3 Å². The van der Waals surface area contributed by atoms with E-state index >= 15 is 0 Å². The maximum Gasteiger partial charge on any atom is 0.324 e. The summed E-state index contributed by atoms with van der Waals surface area (Å²) in [4.78, 5) is 12.0. The summed E-state index contributed by atoms with van der Waals surface area (Å²) in [5, 5.41) is 3.09. The molecule has 0 aliphatic rings. The normalized spacial score (nSPS) is 10.1. The Morgan fingerprint density at radius 1 is 1.00 bits per heavy atom. The van der Waals surface area contributed by atoms with Gasteiger partial charge in [0.25, 0.3) is 0 Å². The number of halogens is 1. The molecule has 0 saturated heterocycles. The molecule has 0 aliphatic carbocycles. The molecule has 1 rings (SSSR count). The summed E-state index contributed by atoms with van der Waals surface area (Å²) in [6.45, 7) is 0.785. The summed E-state index contributed by atoms with van der Waals surface area (Å²) in [5.74, 6) is 1.16. The molecule has 1 heterocycles. The van der Waals surface area contributed by atoms with Gasteiger partial charge in [-0.1, -0.05) is 6.42 Å². The van der Waals surface area contributed by atoms with Gasteiger partial charge in [-0.05, 0) is 12.8 Å². The Balaban J connectivity index is 2.46. The predicted molar refractivity (Wildman–Crippen MR) is 66.0 cm³/mol. The van der Waals surface area contributed by atoms with E-state index in [9.17, 15) is 0 Å². The largest absolute Gasteiger partial charge is 0.467 e. The van der Waals surface area contributed by atoms with Crippen molar-refractivity contribution < 1.29 is 9.47 Å². The lowest BCUT2D eigenvalue weighted by Crippen LogP contribution is -2.08. The van der Waals surface area contributed by atoms with Crippen LogP contribution in [0.4, 0.5) is 5.95 Å². The molecule has 7 heteroatoms. The molecule has 0 bridgehead atoms. The van der Waals surface area contributed by atoms with Gasteiger partial charge in [-0.25, -0.2) is 0 Å². The molecule has 0 radical (unpaired) electrons. The molecule has 0 atom stereocenters. The number of nitrogens with one attached hydrogen (secondary N) is 1. The summed E-state index contributed by atoms with van der Waals surface area (Å²) in [6, 6.07) is 0.472. The summed E-state index contributed by atoms with van der Waals surface area (Å²) < 4.78 is 9.89. The van der Waals surface area contributed by atoms with Crippen LogP contribution in [-0.4, -0.2) is 41.6 Å². The molecule has 0 amide bonds. The predicted octanol–water partition coefficient (Wildman–Crippen LogP) is 1.71. The smallest absolute Gasteiger partial charge is 0.324 e. The van der Waals surface area contributed by atoms with Crippen molar-refractivity contribution in [1.82, 2.24) is 15.0 Å². The molecule has 0 saturated carbocycles. The minimum atomic E-state index is 0.236. The van der Waals surface area contributed by atoms with Gasteiger partial charge < -0.3 is 14.8 Å². The van der Waals surface area contributed by atoms with Gasteiger partial charge in [-0.15, -0.1) is 16.6 Å². The van der Waals surface area contributed by atoms with Crippen molar-refractivity contribution >= 4 is 17.5 Å². The molecular weight excluding hydrogens is 244 g/mol. The molecule has 1 aromatic heterocycles. The Morgan fingerprint density at radius 2 is 1.65 bits per heavy atom. The van der Waals surface area contributed by atoms with Crippen molar-refractivity contribution in [2.24, 2.45) is 0 Å². The van der Waals surface area contributed by atoms with Gasteiger partial charge >= 0.3 is 12.0 Å². The molecule has 0 spiro atoms. The van der Waals surface area contributed by atoms with E-state index in [-0.39, 0.29) is 12.0 Å². The second-order valence-corrected chi connectivity index (χ2v) is 3.69. The minimum Gasteiger partial charge on any atom is -0.467 e. The highest BCUT2D eigenvalue weighted by Crippen LogP contribution is 2.12. The molecule has 17 heavy (non-hydrogen) atoms.